The van der Waals surface area contributed by atoms with Gasteiger partial charge in [-0.1, -0.05) is 0 Å². The topological polar surface area (TPSA) is 81.8 Å². The van der Waals surface area contributed by atoms with Gasteiger partial charge in [0.25, 0.3) is 0 Å². The Balaban J connectivity index is 2.88. The molecule has 0 amide bonds. The van der Waals surface area contributed by atoms with Gasteiger partial charge in [0, 0.05) is 18.0 Å². The van der Waals surface area contributed by atoms with Gasteiger partial charge in [-0.3, -0.25) is 4.79 Å². The maximum Gasteiger partial charge on any atom is 0.164 e. The van der Waals surface area contributed by atoms with E-state index in [0.717, 1.165) is 0 Å². The fraction of sp³-hybridized carbons (Fsp3) is 0.417. The van der Waals surface area contributed by atoms with Crippen molar-refractivity contribution < 1.29 is 19.4 Å². The molecular formula is C12H17NO4. The Morgan fingerprint density at radius 1 is 1.35 bits per heavy atom. The Labute approximate surface area is 100 Å². The minimum absolute atomic E-state index is 0.103. The number of aliphatic hydroxyl groups excluding tert-OH is 1. The van der Waals surface area contributed by atoms with Crippen molar-refractivity contribution in [3.63, 3.8) is 0 Å². The fourth-order valence-corrected chi connectivity index (χ4v) is 1.43. The first-order chi connectivity index (χ1) is 8.12. The molecule has 1 atom stereocenters. The molecule has 3 N–H and O–H groups in total. The number of aliphatic hydroxyl groups is 1. The molecule has 0 spiro atoms. The van der Waals surface area contributed by atoms with E-state index in [1.165, 1.54) is 14.2 Å². The summed E-state index contributed by atoms with van der Waals surface area (Å²) in [7, 11) is 3.03. The van der Waals surface area contributed by atoms with Crippen molar-refractivity contribution in [3.8, 4) is 11.5 Å². The van der Waals surface area contributed by atoms with Gasteiger partial charge in [-0.15, -0.1) is 0 Å². The molecule has 0 fully saturated rings. The normalized spacial score (nSPS) is 12.0. The van der Waals surface area contributed by atoms with Crippen LogP contribution in [-0.2, 0) is 0 Å². The number of methoxy groups -OCH3 is 2. The first kappa shape index (κ1) is 13.5. The Morgan fingerprint density at radius 2 is 2.00 bits per heavy atom. The molecule has 0 saturated carbocycles. The highest BCUT2D eigenvalue weighted by molar-refractivity contribution is 5.97. The van der Waals surface area contributed by atoms with E-state index >= 15 is 0 Å². The van der Waals surface area contributed by atoms with Gasteiger partial charge in [-0.2, -0.15) is 0 Å². The molecule has 1 rings (SSSR count). The van der Waals surface area contributed by atoms with Crippen LogP contribution in [0.5, 0.6) is 11.5 Å². The van der Waals surface area contributed by atoms with Crippen LogP contribution in [0.3, 0.4) is 0 Å². The summed E-state index contributed by atoms with van der Waals surface area (Å²) in [6.07, 6.45) is 0.103. The summed E-state index contributed by atoms with van der Waals surface area (Å²) in [6, 6.07) is 4.38. The second-order valence-corrected chi connectivity index (χ2v) is 3.64. The average Bonchev–Trinajstić information content (AvgIpc) is 2.37. The van der Waals surface area contributed by atoms with Crippen molar-refractivity contribution in [2.75, 3.05) is 20.8 Å². The fourth-order valence-electron chi connectivity index (χ4n) is 1.43. The molecule has 0 aliphatic rings. The van der Waals surface area contributed by atoms with Gasteiger partial charge in [0.1, 0.15) is 0 Å². The zero-order chi connectivity index (χ0) is 12.8. The van der Waals surface area contributed by atoms with Gasteiger partial charge in [-0.25, -0.2) is 0 Å². The van der Waals surface area contributed by atoms with E-state index in [-0.39, 0.29) is 18.8 Å². The molecule has 1 unspecified atom stereocenters. The molecular weight excluding hydrogens is 222 g/mol. The summed E-state index contributed by atoms with van der Waals surface area (Å²) >= 11 is 0. The number of carbonyl (C=O) groups is 1. The summed E-state index contributed by atoms with van der Waals surface area (Å²) in [6.45, 7) is -0.209. The summed E-state index contributed by atoms with van der Waals surface area (Å²) in [5, 5.41) is 8.79. The molecule has 0 heterocycles. The molecule has 0 saturated heterocycles. The summed E-state index contributed by atoms with van der Waals surface area (Å²) in [5.41, 5.74) is 6.00. The number of carbonyl (C=O) groups excluding carboxylic acids is 1. The molecule has 0 aliphatic carbocycles. The van der Waals surface area contributed by atoms with Crippen LogP contribution in [0.1, 0.15) is 16.8 Å². The molecule has 0 aromatic heterocycles. The lowest BCUT2D eigenvalue weighted by Gasteiger charge is -2.10. The third kappa shape index (κ3) is 3.44. The summed E-state index contributed by atoms with van der Waals surface area (Å²) in [4.78, 5) is 11.8. The maximum absolute atomic E-state index is 11.8. The second-order valence-electron chi connectivity index (χ2n) is 3.64. The van der Waals surface area contributed by atoms with Crippen molar-refractivity contribution in [2.45, 2.75) is 12.5 Å². The monoisotopic (exact) mass is 239 g/mol. The van der Waals surface area contributed by atoms with Crippen molar-refractivity contribution in [1.82, 2.24) is 0 Å². The lowest BCUT2D eigenvalue weighted by Crippen LogP contribution is -2.27. The zero-order valence-corrected chi connectivity index (χ0v) is 9.97. The number of Topliss-reactive ketones (excluding diaryl/α,β-unsaturated/α-hetero) is 1. The quantitative estimate of drug-likeness (QED) is 0.710. The molecule has 94 valence electrons. The van der Waals surface area contributed by atoms with Crippen LogP contribution >= 0.6 is 0 Å². The highest BCUT2D eigenvalue weighted by Crippen LogP contribution is 2.28. The molecule has 1 aromatic rings. The first-order valence-electron chi connectivity index (χ1n) is 5.24. The second kappa shape index (κ2) is 6.22. The van der Waals surface area contributed by atoms with E-state index in [9.17, 15) is 4.79 Å². The average molecular weight is 239 g/mol. The van der Waals surface area contributed by atoms with Crippen molar-refractivity contribution in [2.24, 2.45) is 5.73 Å². The third-order valence-corrected chi connectivity index (χ3v) is 2.39. The van der Waals surface area contributed by atoms with Crippen LogP contribution in [0, 0.1) is 0 Å². The number of hydrogen-bond acceptors (Lipinski definition) is 5. The van der Waals surface area contributed by atoms with E-state index < -0.39 is 6.04 Å². The minimum atomic E-state index is -0.532. The third-order valence-electron chi connectivity index (χ3n) is 2.39. The first-order valence-corrected chi connectivity index (χ1v) is 5.24. The SMILES string of the molecule is COc1ccc(C(=O)CC(N)CO)cc1OC. The van der Waals surface area contributed by atoms with Crippen LogP contribution in [-0.4, -0.2) is 37.8 Å². The Kier molecular flexibility index (Phi) is 4.93. The molecule has 5 nitrogen and oxygen atoms in total. The molecule has 0 bridgehead atoms. The number of nitrogens with two attached hydrogens (primary N) is 1. The van der Waals surface area contributed by atoms with E-state index in [1.54, 1.807) is 18.2 Å². The van der Waals surface area contributed by atoms with Crippen LogP contribution in [0.2, 0.25) is 0 Å². The number of hydrogen-bond donors (Lipinski definition) is 2. The van der Waals surface area contributed by atoms with Crippen LogP contribution in [0.4, 0.5) is 0 Å². The Hall–Kier alpha value is -1.59. The van der Waals surface area contributed by atoms with Gasteiger partial charge in [0.15, 0.2) is 17.3 Å². The number of ketones is 1. The lowest BCUT2D eigenvalue weighted by atomic mass is 10.0. The van der Waals surface area contributed by atoms with Crippen LogP contribution in [0.15, 0.2) is 18.2 Å². The van der Waals surface area contributed by atoms with Gasteiger partial charge in [-0.05, 0) is 18.2 Å². The standard InChI is InChI=1S/C12H17NO4/c1-16-11-4-3-8(5-12(11)17-2)10(15)6-9(13)7-14/h3-5,9,14H,6-7,13H2,1-2H3. The Bertz CT molecular complexity index is 392. The minimum Gasteiger partial charge on any atom is -0.493 e. The molecule has 17 heavy (non-hydrogen) atoms. The number of rotatable bonds is 6. The van der Waals surface area contributed by atoms with Gasteiger partial charge in [0.05, 0.1) is 20.8 Å². The smallest absolute Gasteiger partial charge is 0.164 e. The molecule has 5 heteroatoms. The van der Waals surface area contributed by atoms with Crippen molar-refractivity contribution >= 4 is 5.78 Å². The highest BCUT2D eigenvalue weighted by atomic mass is 16.5. The van der Waals surface area contributed by atoms with Crippen molar-refractivity contribution in [3.05, 3.63) is 23.8 Å². The molecule has 0 radical (unpaired) electrons. The highest BCUT2D eigenvalue weighted by Gasteiger charge is 2.13. The largest absolute Gasteiger partial charge is 0.493 e. The van der Waals surface area contributed by atoms with Crippen molar-refractivity contribution in [1.29, 1.82) is 0 Å². The van der Waals surface area contributed by atoms with E-state index in [4.69, 9.17) is 20.3 Å². The van der Waals surface area contributed by atoms with E-state index in [0.29, 0.717) is 17.1 Å². The number of benzene rings is 1. The maximum atomic E-state index is 11.8. The summed E-state index contributed by atoms with van der Waals surface area (Å²) in [5.74, 6) is 0.930. The molecule has 1 aromatic carbocycles. The zero-order valence-electron chi connectivity index (χ0n) is 9.97. The van der Waals surface area contributed by atoms with Gasteiger partial charge >= 0.3 is 0 Å². The predicted molar refractivity (Wildman–Crippen MR) is 63.6 cm³/mol. The summed E-state index contributed by atoms with van der Waals surface area (Å²) < 4.78 is 10.2. The predicted octanol–water partition coefficient (Wildman–Crippen LogP) is 0.596. The van der Waals surface area contributed by atoms with E-state index in [2.05, 4.69) is 0 Å². The molecule has 0 aliphatic heterocycles. The Morgan fingerprint density at radius 3 is 2.53 bits per heavy atom. The van der Waals surface area contributed by atoms with Crippen LogP contribution in [0.25, 0.3) is 0 Å². The number of ether oxygens (including phenoxy) is 2. The van der Waals surface area contributed by atoms with E-state index in [1.807, 2.05) is 0 Å². The van der Waals surface area contributed by atoms with Crippen LogP contribution < -0.4 is 15.2 Å². The van der Waals surface area contributed by atoms with Gasteiger partial charge in [0.2, 0.25) is 0 Å². The van der Waals surface area contributed by atoms with Gasteiger partial charge < -0.3 is 20.3 Å². The lowest BCUT2D eigenvalue weighted by molar-refractivity contribution is 0.0961.